The normalized spacial score (nSPS) is 10.5. The Bertz CT molecular complexity index is 495. The fraction of sp³-hybridized carbons (Fsp3) is 0.500. The second-order valence-electron chi connectivity index (χ2n) is 4.76. The molecule has 3 N–H and O–H groups in total. The summed E-state index contributed by atoms with van der Waals surface area (Å²) >= 11 is 0. The predicted molar refractivity (Wildman–Crippen MR) is 107 cm³/mol. The molecular weight excluding hydrogens is 423 g/mol. The van der Waals surface area contributed by atoms with E-state index in [9.17, 15) is 4.79 Å². The number of hydrogen-bond acceptors (Lipinski definition) is 4. The fourth-order valence-corrected chi connectivity index (χ4v) is 1.85. The Kier molecular flexibility index (Phi) is 13.0. The Hall–Kier alpha value is -1.55. The van der Waals surface area contributed by atoms with E-state index in [4.69, 9.17) is 9.47 Å². The van der Waals surface area contributed by atoms with Gasteiger partial charge in [-0.2, -0.15) is 0 Å². The minimum absolute atomic E-state index is 0. The zero-order valence-corrected chi connectivity index (χ0v) is 16.8. The van der Waals surface area contributed by atoms with Crippen molar-refractivity contribution in [1.29, 1.82) is 0 Å². The van der Waals surface area contributed by atoms with Gasteiger partial charge in [0, 0.05) is 46.0 Å². The van der Waals surface area contributed by atoms with Crippen LogP contribution in [0.5, 0.6) is 5.75 Å². The van der Waals surface area contributed by atoms with Crippen LogP contribution >= 0.6 is 24.0 Å². The molecule has 0 saturated carbocycles. The third kappa shape index (κ3) is 8.92. The number of methoxy groups -OCH3 is 2. The van der Waals surface area contributed by atoms with Crippen LogP contribution in [-0.4, -0.2) is 59.4 Å². The highest BCUT2D eigenvalue weighted by Gasteiger charge is 2.04. The van der Waals surface area contributed by atoms with E-state index >= 15 is 0 Å². The highest BCUT2D eigenvalue weighted by molar-refractivity contribution is 14.0. The fourth-order valence-electron chi connectivity index (χ4n) is 1.85. The molecule has 0 heterocycles. The van der Waals surface area contributed by atoms with Crippen LogP contribution in [-0.2, 0) is 4.74 Å². The molecule has 1 amide bonds. The largest absolute Gasteiger partial charge is 0.497 e. The summed E-state index contributed by atoms with van der Waals surface area (Å²) in [5.41, 5.74) is 0.605. The van der Waals surface area contributed by atoms with E-state index in [0.29, 0.717) is 31.2 Å². The molecule has 1 rings (SSSR count). The number of carbonyl (C=O) groups is 1. The molecule has 0 atom stereocenters. The molecule has 1 aromatic carbocycles. The smallest absolute Gasteiger partial charge is 0.251 e. The summed E-state index contributed by atoms with van der Waals surface area (Å²) in [6.07, 6.45) is 0.908. The van der Waals surface area contributed by atoms with Gasteiger partial charge in [-0.05, 0) is 30.7 Å². The van der Waals surface area contributed by atoms with Crippen molar-refractivity contribution in [2.45, 2.75) is 6.42 Å². The third-order valence-corrected chi connectivity index (χ3v) is 3.10. The quantitative estimate of drug-likeness (QED) is 0.228. The Labute approximate surface area is 160 Å². The molecule has 0 aliphatic heterocycles. The summed E-state index contributed by atoms with van der Waals surface area (Å²) in [7, 11) is 4.98. The Morgan fingerprint density at radius 1 is 1.04 bits per heavy atom. The topological polar surface area (TPSA) is 84.0 Å². The van der Waals surface area contributed by atoms with Gasteiger partial charge >= 0.3 is 0 Å². The maximum Gasteiger partial charge on any atom is 0.251 e. The van der Waals surface area contributed by atoms with E-state index in [1.54, 1.807) is 45.5 Å². The SMILES string of the molecule is CN=C(NCCCOC)NCCNC(=O)c1ccc(OC)cc1.I. The zero-order valence-electron chi connectivity index (χ0n) is 14.4. The number of aliphatic imine (C=N–C) groups is 1. The molecule has 0 unspecified atom stereocenters. The van der Waals surface area contributed by atoms with Crippen molar-refractivity contribution in [2.75, 3.05) is 47.5 Å². The monoisotopic (exact) mass is 450 g/mol. The zero-order chi connectivity index (χ0) is 16.9. The Morgan fingerprint density at radius 2 is 1.67 bits per heavy atom. The van der Waals surface area contributed by atoms with Crippen molar-refractivity contribution < 1.29 is 14.3 Å². The number of amides is 1. The lowest BCUT2D eigenvalue weighted by Gasteiger charge is -2.12. The highest BCUT2D eigenvalue weighted by Crippen LogP contribution is 2.10. The minimum atomic E-state index is -0.113. The molecule has 7 nitrogen and oxygen atoms in total. The molecule has 1 aromatic rings. The lowest BCUT2D eigenvalue weighted by Crippen LogP contribution is -2.42. The van der Waals surface area contributed by atoms with Gasteiger partial charge in [0.1, 0.15) is 5.75 Å². The number of guanidine groups is 1. The molecule has 0 aliphatic rings. The maximum absolute atomic E-state index is 12.0. The van der Waals surface area contributed by atoms with E-state index in [1.165, 1.54) is 0 Å². The first-order chi connectivity index (χ1) is 11.2. The minimum Gasteiger partial charge on any atom is -0.497 e. The van der Waals surface area contributed by atoms with Gasteiger partial charge in [0.25, 0.3) is 5.91 Å². The van der Waals surface area contributed by atoms with Crippen LogP contribution in [0.3, 0.4) is 0 Å². The molecule has 24 heavy (non-hydrogen) atoms. The van der Waals surface area contributed by atoms with E-state index < -0.39 is 0 Å². The van der Waals surface area contributed by atoms with Crippen LogP contribution in [0.2, 0.25) is 0 Å². The van der Waals surface area contributed by atoms with Crippen LogP contribution in [0.1, 0.15) is 16.8 Å². The first-order valence-electron chi connectivity index (χ1n) is 7.57. The summed E-state index contributed by atoms with van der Waals surface area (Å²) < 4.78 is 10.0. The van der Waals surface area contributed by atoms with Crippen molar-refractivity contribution >= 4 is 35.8 Å². The lowest BCUT2D eigenvalue weighted by atomic mass is 10.2. The van der Waals surface area contributed by atoms with Gasteiger partial charge < -0.3 is 25.4 Å². The van der Waals surface area contributed by atoms with E-state index in [1.807, 2.05) is 0 Å². The van der Waals surface area contributed by atoms with Gasteiger partial charge in [-0.15, -0.1) is 24.0 Å². The molecular formula is C16H27IN4O3. The maximum atomic E-state index is 12.0. The number of benzene rings is 1. The van der Waals surface area contributed by atoms with Crippen LogP contribution in [0.15, 0.2) is 29.3 Å². The van der Waals surface area contributed by atoms with Gasteiger partial charge in [-0.3, -0.25) is 9.79 Å². The second-order valence-corrected chi connectivity index (χ2v) is 4.76. The molecule has 0 spiro atoms. The molecule has 0 aromatic heterocycles. The third-order valence-electron chi connectivity index (χ3n) is 3.10. The van der Waals surface area contributed by atoms with E-state index in [-0.39, 0.29) is 29.9 Å². The Morgan fingerprint density at radius 3 is 2.25 bits per heavy atom. The first-order valence-corrected chi connectivity index (χ1v) is 7.57. The number of carbonyl (C=O) groups excluding carboxylic acids is 1. The van der Waals surface area contributed by atoms with Crippen LogP contribution in [0.4, 0.5) is 0 Å². The van der Waals surface area contributed by atoms with Crippen molar-refractivity contribution in [1.82, 2.24) is 16.0 Å². The van der Waals surface area contributed by atoms with Crippen molar-refractivity contribution in [2.24, 2.45) is 4.99 Å². The predicted octanol–water partition coefficient (Wildman–Crippen LogP) is 1.24. The molecule has 0 aliphatic carbocycles. The van der Waals surface area contributed by atoms with Gasteiger partial charge in [0.2, 0.25) is 0 Å². The first kappa shape index (κ1) is 22.4. The van der Waals surface area contributed by atoms with E-state index in [2.05, 4.69) is 20.9 Å². The van der Waals surface area contributed by atoms with Crippen molar-refractivity contribution in [3.63, 3.8) is 0 Å². The van der Waals surface area contributed by atoms with Crippen LogP contribution in [0.25, 0.3) is 0 Å². The van der Waals surface area contributed by atoms with E-state index in [0.717, 1.165) is 18.7 Å². The number of rotatable bonds is 9. The number of halogens is 1. The van der Waals surface area contributed by atoms with Crippen molar-refractivity contribution in [3.05, 3.63) is 29.8 Å². The summed E-state index contributed by atoms with van der Waals surface area (Å²) in [5, 5.41) is 9.15. The summed E-state index contributed by atoms with van der Waals surface area (Å²) in [6.45, 7) is 2.59. The summed E-state index contributed by atoms with van der Waals surface area (Å²) in [4.78, 5) is 16.1. The average Bonchev–Trinajstić information content (AvgIpc) is 2.60. The summed E-state index contributed by atoms with van der Waals surface area (Å²) in [5.74, 6) is 1.32. The number of nitrogens with zero attached hydrogens (tertiary/aromatic N) is 1. The standard InChI is InChI=1S/C16H26N4O3.HI/c1-17-16(19-9-4-12-22-2)20-11-10-18-15(21)13-5-7-14(23-3)8-6-13;/h5-8H,4,9-12H2,1-3H3,(H,18,21)(H2,17,19,20);1H. The van der Waals surface area contributed by atoms with Gasteiger partial charge in [-0.25, -0.2) is 0 Å². The number of nitrogens with one attached hydrogen (secondary N) is 3. The number of ether oxygens (including phenoxy) is 2. The molecule has 0 fully saturated rings. The summed E-state index contributed by atoms with van der Waals surface area (Å²) in [6, 6.07) is 6.99. The Balaban J connectivity index is 0.00000529. The molecule has 0 bridgehead atoms. The molecule has 136 valence electrons. The number of hydrogen-bond donors (Lipinski definition) is 3. The second kappa shape index (κ2) is 13.8. The molecule has 8 heteroatoms. The molecule has 0 saturated heterocycles. The average molecular weight is 450 g/mol. The highest BCUT2D eigenvalue weighted by atomic mass is 127. The van der Waals surface area contributed by atoms with Crippen LogP contribution < -0.4 is 20.7 Å². The van der Waals surface area contributed by atoms with Gasteiger partial charge in [0.15, 0.2) is 5.96 Å². The van der Waals surface area contributed by atoms with Crippen LogP contribution in [0, 0.1) is 0 Å². The van der Waals surface area contributed by atoms with Gasteiger partial charge in [0.05, 0.1) is 7.11 Å². The lowest BCUT2D eigenvalue weighted by molar-refractivity contribution is 0.0954. The van der Waals surface area contributed by atoms with Gasteiger partial charge in [-0.1, -0.05) is 0 Å². The molecule has 0 radical (unpaired) electrons. The van der Waals surface area contributed by atoms with Crippen molar-refractivity contribution in [3.8, 4) is 5.75 Å².